The van der Waals surface area contributed by atoms with E-state index in [0.717, 1.165) is 6.07 Å². The average molecular weight is 485 g/mol. The molecule has 0 fully saturated rings. The molecule has 1 amide bonds. The van der Waals surface area contributed by atoms with Gasteiger partial charge in [0.2, 0.25) is 0 Å². The third-order valence-corrected chi connectivity index (χ3v) is 4.27. The van der Waals surface area contributed by atoms with Crippen LogP contribution >= 0.6 is 23.8 Å². The number of carbonyl (C=O) groups is 1. The van der Waals surface area contributed by atoms with Gasteiger partial charge < -0.3 is 15.3 Å². The highest BCUT2D eigenvalue weighted by atomic mass is 35.5. The number of aliphatic hydroxyl groups is 1. The Hall–Kier alpha value is -2.96. The number of carbonyl (C=O) groups excluding carboxylic acids is 1. The van der Waals surface area contributed by atoms with Gasteiger partial charge in [0.05, 0.1) is 29.5 Å². The molecule has 0 heterocycles. The van der Waals surface area contributed by atoms with Crippen LogP contribution in [0.5, 0.6) is 0 Å². The molecule has 170 valence electrons. The normalized spacial score (nSPS) is 12.2. The quantitative estimate of drug-likeness (QED) is 0.240. The fourth-order valence-corrected chi connectivity index (χ4v) is 2.77. The van der Waals surface area contributed by atoms with Gasteiger partial charge in [-0.05, 0) is 55.5 Å². The smallest absolute Gasteiger partial charge is 0.378 e. The van der Waals surface area contributed by atoms with E-state index in [2.05, 4.69) is 44.1 Å². The second-order valence-corrected chi connectivity index (χ2v) is 6.83. The highest BCUT2D eigenvalue weighted by molar-refractivity contribution is 7.78. The van der Waals surface area contributed by atoms with Crippen molar-refractivity contribution in [3.05, 3.63) is 59.4 Å². The second-order valence-electron chi connectivity index (χ2n) is 6.65. The van der Waals surface area contributed by atoms with E-state index in [1.807, 2.05) is 0 Å². The van der Waals surface area contributed by atoms with E-state index >= 15 is 0 Å². The molecular formula is C21H20ClF3N4O2S. The molecule has 2 N–H and O–H groups in total. The predicted octanol–water partition coefficient (Wildman–Crippen LogP) is 5.67. The Labute approximate surface area is 194 Å². The molecule has 32 heavy (non-hydrogen) atoms. The number of nitrogens with zero attached hydrogens (tertiary/aromatic N) is 3. The summed E-state index contributed by atoms with van der Waals surface area (Å²) in [6.07, 6.45) is -3.28. The van der Waals surface area contributed by atoms with Crippen LogP contribution in [0.2, 0.25) is 0 Å². The minimum Gasteiger partial charge on any atom is -0.378 e. The molecule has 0 aromatic heterocycles. The van der Waals surface area contributed by atoms with Crippen molar-refractivity contribution in [2.24, 2.45) is 4.99 Å². The molecule has 2 rings (SSSR count). The zero-order chi connectivity index (χ0) is 24.5. The topological polar surface area (TPSA) is 69.3 Å². The molecule has 6 nitrogen and oxygen atoms in total. The summed E-state index contributed by atoms with van der Waals surface area (Å²) in [4.78, 5) is 20.8. The molecule has 0 aliphatic rings. The van der Waals surface area contributed by atoms with Crippen LogP contribution < -0.4 is 10.2 Å². The molecule has 0 aliphatic carbocycles. The zero-order valence-corrected chi connectivity index (χ0v) is 18.9. The lowest BCUT2D eigenvalue weighted by atomic mass is 10.0. The van der Waals surface area contributed by atoms with Crippen LogP contribution in [0, 0.1) is 6.57 Å². The number of aliphatic imine (C=N–C) groups is 1. The second kappa shape index (κ2) is 11.6. The first-order valence-electron chi connectivity index (χ1n) is 8.87. The Morgan fingerprint density at radius 3 is 2.38 bits per heavy atom. The fraction of sp³-hybridized carbons (Fsp3) is 0.286. The number of thiocarbonyl (C=S) groups is 1. The molecule has 0 radical (unpaired) electrons. The van der Waals surface area contributed by atoms with Gasteiger partial charge in [-0.1, -0.05) is 6.07 Å². The van der Waals surface area contributed by atoms with Crippen LogP contribution in [-0.4, -0.2) is 41.8 Å². The fourth-order valence-electron chi connectivity index (χ4n) is 2.66. The standard InChI is InChI=1S/C20H17F3N4O2S.CH3Cl/c1-19(29,11-27(3)15-7-4-13(5-8-15)25-12-30)18(28)26-14-6-9-17(24-2)16(10-14)20(21,22)23;1-2/h4-10,29H,11H2,1,3H3,(H,26,28);1H3/t19-;/m1./s1. The summed E-state index contributed by atoms with van der Waals surface area (Å²) in [5.41, 5.74) is -2.57. The summed E-state index contributed by atoms with van der Waals surface area (Å²) in [7, 11) is 1.64. The summed E-state index contributed by atoms with van der Waals surface area (Å²) >= 11 is 9.17. The molecule has 0 spiro atoms. The van der Waals surface area contributed by atoms with E-state index in [9.17, 15) is 23.1 Å². The van der Waals surface area contributed by atoms with Crippen LogP contribution in [0.3, 0.4) is 0 Å². The Kier molecular flexibility index (Phi) is 9.81. The van der Waals surface area contributed by atoms with Gasteiger partial charge in [-0.2, -0.15) is 18.2 Å². The molecule has 0 unspecified atom stereocenters. The Balaban J connectivity index is 0.00000249. The molecule has 0 saturated heterocycles. The summed E-state index contributed by atoms with van der Waals surface area (Å²) in [5.74, 6) is -0.889. The van der Waals surface area contributed by atoms with Gasteiger partial charge >= 0.3 is 6.18 Å². The Morgan fingerprint density at radius 1 is 1.28 bits per heavy atom. The summed E-state index contributed by atoms with van der Waals surface area (Å²) in [6.45, 7) is 7.96. The van der Waals surface area contributed by atoms with Crippen molar-refractivity contribution in [2.75, 3.05) is 30.2 Å². The van der Waals surface area contributed by atoms with Gasteiger partial charge in [0, 0.05) is 24.8 Å². The van der Waals surface area contributed by atoms with Crippen molar-refractivity contribution in [2.45, 2.75) is 18.7 Å². The molecule has 2 aromatic rings. The van der Waals surface area contributed by atoms with Crippen molar-refractivity contribution in [1.29, 1.82) is 0 Å². The monoisotopic (exact) mass is 484 g/mol. The highest BCUT2D eigenvalue weighted by Crippen LogP contribution is 2.38. The van der Waals surface area contributed by atoms with E-state index in [4.69, 9.17) is 6.57 Å². The third kappa shape index (κ3) is 7.32. The number of likely N-dealkylation sites (N-methyl/N-ethyl adjacent to an activating group) is 1. The van der Waals surface area contributed by atoms with Gasteiger partial charge in [-0.3, -0.25) is 4.79 Å². The predicted molar refractivity (Wildman–Crippen MR) is 123 cm³/mol. The van der Waals surface area contributed by atoms with Crippen molar-refractivity contribution < 1.29 is 23.1 Å². The minimum absolute atomic E-state index is 0.138. The van der Waals surface area contributed by atoms with E-state index in [-0.39, 0.29) is 12.2 Å². The van der Waals surface area contributed by atoms with Crippen molar-refractivity contribution in [3.63, 3.8) is 0 Å². The molecular weight excluding hydrogens is 465 g/mol. The number of halogens is 4. The lowest BCUT2D eigenvalue weighted by molar-refractivity contribution is -0.137. The number of benzene rings is 2. The van der Waals surface area contributed by atoms with Crippen LogP contribution in [-0.2, 0) is 11.0 Å². The largest absolute Gasteiger partial charge is 0.407 e. The van der Waals surface area contributed by atoms with Crippen molar-refractivity contribution >= 4 is 57.6 Å². The first-order chi connectivity index (χ1) is 15.0. The lowest BCUT2D eigenvalue weighted by Crippen LogP contribution is -2.48. The van der Waals surface area contributed by atoms with E-state index in [1.54, 1.807) is 36.2 Å². The van der Waals surface area contributed by atoms with Gasteiger partial charge in [-0.15, -0.1) is 11.6 Å². The lowest BCUT2D eigenvalue weighted by Gasteiger charge is -2.29. The van der Waals surface area contributed by atoms with Crippen LogP contribution in [0.4, 0.5) is 35.9 Å². The molecule has 0 saturated carbocycles. The average Bonchev–Trinajstić information content (AvgIpc) is 2.75. The van der Waals surface area contributed by atoms with Gasteiger partial charge in [-0.25, -0.2) is 4.85 Å². The molecule has 0 aliphatic heterocycles. The molecule has 2 aromatic carbocycles. The van der Waals surface area contributed by atoms with E-state index in [0.29, 0.717) is 17.4 Å². The molecule has 11 heteroatoms. The molecule has 0 bridgehead atoms. The number of alkyl halides is 4. The van der Waals surface area contributed by atoms with E-state index < -0.39 is 28.9 Å². The number of rotatable bonds is 6. The van der Waals surface area contributed by atoms with Crippen molar-refractivity contribution in [1.82, 2.24) is 0 Å². The third-order valence-electron chi connectivity index (χ3n) is 4.18. The van der Waals surface area contributed by atoms with Gasteiger partial charge in [0.15, 0.2) is 11.3 Å². The summed E-state index contributed by atoms with van der Waals surface area (Å²) < 4.78 is 39.3. The van der Waals surface area contributed by atoms with Gasteiger partial charge in [0.1, 0.15) is 0 Å². The first-order valence-corrected chi connectivity index (χ1v) is 10.0. The minimum atomic E-state index is -4.75. The van der Waals surface area contributed by atoms with Crippen molar-refractivity contribution in [3.8, 4) is 0 Å². The maximum Gasteiger partial charge on any atom is 0.407 e. The Bertz CT molecular complexity index is 1030. The maximum atomic E-state index is 13.1. The number of hydrogen-bond acceptors (Lipinski definition) is 5. The van der Waals surface area contributed by atoms with Crippen LogP contribution in [0.15, 0.2) is 47.5 Å². The Morgan fingerprint density at radius 2 is 1.88 bits per heavy atom. The number of isothiocyanates is 1. The maximum absolute atomic E-state index is 13.1. The highest BCUT2D eigenvalue weighted by Gasteiger charge is 2.35. The SMILES string of the molecule is CCl.[C-]#[N+]c1ccc(NC(=O)[C@](C)(O)CN(C)c2ccc(N=C=S)cc2)cc1C(F)(F)F. The van der Waals surface area contributed by atoms with E-state index in [1.165, 1.54) is 19.4 Å². The number of amides is 1. The van der Waals surface area contributed by atoms with Gasteiger partial charge in [0.25, 0.3) is 5.91 Å². The number of nitrogens with one attached hydrogen (secondary N) is 1. The van der Waals surface area contributed by atoms with Crippen LogP contribution in [0.25, 0.3) is 4.85 Å². The molecule has 1 atom stereocenters. The number of anilines is 2. The summed E-state index contributed by atoms with van der Waals surface area (Å²) in [5, 5.41) is 15.1. The first kappa shape index (κ1) is 27.1. The zero-order valence-electron chi connectivity index (χ0n) is 17.4. The van der Waals surface area contributed by atoms with Crippen LogP contribution in [0.1, 0.15) is 12.5 Å². The summed E-state index contributed by atoms with van der Waals surface area (Å²) in [6, 6.07) is 9.58. The number of hydrogen-bond donors (Lipinski definition) is 2.